The fourth-order valence-electron chi connectivity index (χ4n) is 3.12. The third kappa shape index (κ3) is 2.75. The minimum absolute atomic E-state index is 0.0409. The minimum Gasteiger partial charge on any atom is -0.361 e. The molecule has 4 rings (SSSR count). The highest BCUT2D eigenvalue weighted by molar-refractivity contribution is 6.30. The van der Waals surface area contributed by atoms with Crippen LogP contribution >= 0.6 is 11.6 Å². The molecule has 0 fully saturated rings. The molecular weight excluding hydrogens is 334 g/mol. The number of halogens is 1. The normalized spacial score (nSPS) is 16.0. The summed E-state index contributed by atoms with van der Waals surface area (Å²) in [6, 6.07) is 17.1. The van der Waals surface area contributed by atoms with Crippen LogP contribution in [0.1, 0.15) is 27.7 Å². The van der Waals surface area contributed by atoms with E-state index in [-0.39, 0.29) is 12.1 Å². The van der Waals surface area contributed by atoms with E-state index < -0.39 is 0 Å². The predicted molar refractivity (Wildman–Crippen MR) is 100 cm³/mol. The summed E-state index contributed by atoms with van der Waals surface area (Å²) in [6.07, 6.45) is 3.08. The number of rotatable bonds is 3. The van der Waals surface area contributed by atoms with E-state index in [1.54, 1.807) is 17.3 Å². The van der Waals surface area contributed by atoms with E-state index in [0.29, 0.717) is 10.6 Å². The van der Waals surface area contributed by atoms with Gasteiger partial charge < -0.3 is 5.32 Å². The van der Waals surface area contributed by atoms with Gasteiger partial charge in [-0.3, -0.25) is 14.7 Å². The van der Waals surface area contributed by atoms with E-state index in [2.05, 4.69) is 10.3 Å². The van der Waals surface area contributed by atoms with Crippen molar-refractivity contribution in [1.82, 2.24) is 4.98 Å². The molecule has 1 aliphatic heterocycles. The molecule has 0 saturated heterocycles. The lowest BCUT2D eigenvalue weighted by Gasteiger charge is -2.27. The molecule has 2 heterocycles. The number of amides is 1. The third-order valence-corrected chi connectivity index (χ3v) is 4.61. The summed E-state index contributed by atoms with van der Waals surface area (Å²) >= 11 is 6.15. The average Bonchev–Trinajstić information content (AvgIpc) is 2.91. The zero-order valence-corrected chi connectivity index (χ0v) is 14.4. The second-order valence-electron chi connectivity index (χ2n) is 5.98. The molecule has 0 unspecified atom stereocenters. The van der Waals surface area contributed by atoms with Gasteiger partial charge in [0.25, 0.3) is 5.91 Å². The van der Waals surface area contributed by atoms with Crippen LogP contribution < -0.4 is 10.2 Å². The molecule has 3 aromatic rings. The van der Waals surface area contributed by atoms with Crippen molar-refractivity contribution in [3.8, 4) is 0 Å². The van der Waals surface area contributed by atoms with Crippen molar-refractivity contribution in [3.63, 3.8) is 0 Å². The number of carbonyl (C=O) groups is 1. The van der Waals surface area contributed by atoms with E-state index in [0.717, 1.165) is 22.5 Å². The van der Waals surface area contributed by atoms with Crippen LogP contribution in [0.15, 0.2) is 67.0 Å². The van der Waals surface area contributed by atoms with Crippen LogP contribution in [0.5, 0.6) is 0 Å². The van der Waals surface area contributed by atoms with Gasteiger partial charge >= 0.3 is 0 Å². The van der Waals surface area contributed by atoms with Crippen molar-refractivity contribution in [2.75, 3.05) is 10.2 Å². The van der Waals surface area contributed by atoms with Crippen LogP contribution in [0.2, 0.25) is 5.02 Å². The molecule has 2 aromatic carbocycles. The molecular formula is C20H16ClN3O. The first kappa shape index (κ1) is 15.7. The van der Waals surface area contributed by atoms with Crippen molar-refractivity contribution in [1.29, 1.82) is 0 Å². The van der Waals surface area contributed by atoms with Crippen molar-refractivity contribution in [2.24, 2.45) is 0 Å². The van der Waals surface area contributed by atoms with Crippen molar-refractivity contribution in [3.05, 3.63) is 88.7 Å². The molecule has 124 valence electrons. The Labute approximate surface area is 151 Å². The van der Waals surface area contributed by atoms with Crippen LogP contribution in [0.25, 0.3) is 0 Å². The zero-order valence-electron chi connectivity index (χ0n) is 13.6. The number of nitrogens with zero attached hydrogens (tertiary/aromatic N) is 2. The standard InChI is InChI=1S/C20H16ClN3O/c1-13-8-9-14(21)11-18(13)23-19-16-6-2-3-7-17(16)20(25)24(19)15-5-4-10-22-12-15/h2-12,19,23H,1H3/t19-/m1/s1. The number of fused-ring (bicyclic) bond motifs is 1. The zero-order chi connectivity index (χ0) is 17.4. The Morgan fingerprint density at radius 3 is 2.76 bits per heavy atom. The van der Waals surface area contributed by atoms with Crippen LogP contribution in [0.3, 0.4) is 0 Å². The van der Waals surface area contributed by atoms with Gasteiger partial charge in [-0.05, 0) is 42.8 Å². The minimum atomic E-state index is -0.315. The topological polar surface area (TPSA) is 45.2 Å². The monoisotopic (exact) mass is 349 g/mol. The third-order valence-electron chi connectivity index (χ3n) is 4.38. The van der Waals surface area contributed by atoms with Crippen LogP contribution in [-0.4, -0.2) is 10.9 Å². The Balaban J connectivity index is 1.81. The van der Waals surface area contributed by atoms with Crippen LogP contribution in [0.4, 0.5) is 11.4 Å². The Bertz CT molecular complexity index is 943. The first-order valence-corrected chi connectivity index (χ1v) is 8.38. The smallest absolute Gasteiger partial charge is 0.260 e. The van der Waals surface area contributed by atoms with Crippen molar-refractivity contribution < 1.29 is 4.79 Å². The van der Waals surface area contributed by atoms with E-state index in [1.165, 1.54) is 0 Å². The Morgan fingerprint density at radius 2 is 1.96 bits per heavy atom. The first-order chi connectivity index (χ1) is 12.1. The number of pyridine rings is 1. The largest absolute Gasteiger partial charge is 0.361 e. The summed E-state index contributed by atoms with van der Waals surface area (Å²) in [7, 11) is 0. The van der Waals surface area contributed by atoms with Gasteiger partial charge in [0.1, 0.15) is 6.17 Å². The summed E-state index contributed by atoms with van der Waals surface area (Å²) in [5, 5.41) is 4.13. The SMILES string of the molecule is Cc1ccc(Cl)cc1N[C@H]1c2ccccc2C(=O)N1c1cccnc1. The van der Waals surface area contributed by atoms with Gasteiger partial charge in [-0.25, -0.2) is 0 Å². The average molecular weight is 350 g/mol. The molecule has 0 radical (unpaired) electrons. The number of hydrogen-bond acceptors (Lipinski definition) is 3. The number of nitrogens with one attached hydrogen (secondary N) is 1. The fourth-order valence-corrected chi connectivity index (χ4v) is 3.29. The van der Waals surface area contributed by atoms with E-state index in [1.807, 2.05) is 61.5 Å². The van der Waals surface area contributed by atoms with Crippen molar-refractivity contribution in [2.45, 2.75) is 13.1 Å². The summed E-state index contributed by atoms with van der Waals surface area (Å²) in [6.45, 7) is 2.01. The second kappa shape index (κ2) is 6.22. The highest BCUT2D eigenvalue weighted by Gasteiger charge is 2.37. The number of aromatic nitrogens is 1. The van der Waals surface area contributed by atoms with Gasteiger partial charge in [0, 0.05) is 28.0 Å². The molecule has 5 heteroatoms. The number of anilines is 2. The molecule has 1 aromatic heterocycles. The summed E-state index contributed by atoms with van der Waals surface area (Å²) in [5.74, 6) is -0.0409. The van der Waals surface area contributed by atoms with Gasteiger partial charge in [-0.2, -0.15) is 0 Å². The highest BCUT2D eigenvalue weighted by atomic mass is 35.5. The molecule has 0 spiro atoms. The highest BCUT2D eigenvalue weighted by Crippen LogP contribution is 2.38. The number of carbonyl (C=O) groups excluding carboxylic acids is 1. The molecule has 25 heavy (non-hydrogen) atoms. The second-order valence-corrected chi connectivity index (χ2v) is 6.42. The predicted octanol–water partition coefficient (Wildman–Crippen LogP) is 4.81. The van der Waals surface area contributed by atoms with Gasteiger partial charge in [-0.1, -0.05) is 35.9 Å². The molecule has 0 bridgehead atoms. The van der Waals surface area contributed by atoms with Crippen molar-refractivity contribution >= 4 is 28.9 Å². The number of aryl methyl sites for hydroxylation is 1. The number of benzene rings is 2. The Kier molecular flexibility index (Phi) is 3.90. The van der Waals surface area contributed by atoms with E-state index in [9.17, 15) is 4.79 Å². The maximum absolute atomic E-state index is 13.0. The maximum Gasteiger partial charge on any atom is 0.260 e. The molecule has 1 N–H and O–H groups in total. The quantitative estimate of drug-likeness (QED) is 0.737. The summed E-state index contributed by atoms with van der Waals surface area (Å²) in [5.41, 5.74) is 4.35. The van der Waals surface area contributed by atoms with Crippen LogP contribution in [-0.2, 0) is 0 Å². The lowest BCUT2D eigenvalue weighted by atomic mass is 10.1. The van der Waals surface area contributed by atoms with E-state index >= 15 is 0 Å². The lowest BCUT2D eigenvalue weighted by Crippen LogP contribution is -2.32. The molecule has 1 amide bonds. The first-order valence-electron chi connectivity index (χ1n) is 8.00. The molecule has 0 saturated carbocycles. The Hall–Kier alpha value is -2.85. The molecule has 1 atom stereocenters. The summed E-state index contributed by atoms with van der Waals surface area (Å²) in [4.78, 5) is 18.9. The summed E-state index contributed by atoms with van der Waals surface area (Å²) < 4.78 is 0. The van der Waals surface area contributed by atoms with Gasteiger partial charge in [0.2, 0.25) is 0 Å². The molecule has 1 aliphatic rings. The maximum atomic E-state index is 13.0. The van der Waals surface area contributed by atoms with Gasteiger partial charge in [0.15, 0.2) is 0 Å². The van der Waals surface area contributed by atoms with E-state index in [4.69, 9.17) is 11.6 Å². The molecule has 0 aliphatic carbocycles. The number of hydrogen-bond donors (Lipinski definition) is 1. The van der Waals surface area contributed by atoms with Crippen LogP contribution in [0, 0.1) is 6.92 Å². The fraction of sp³-hybridized carbons (Fsp3) is 0.100. The lowest BCUT2D eigenvalue weighted by molar-refractivity contribution is 0.0993. The molecule has 4 nitrogen and oxygen atoms in total. The Morgan fingerprint density at radius 1 is 1.12 bits per heavy atom. The van der Waals surface area contributed by atoms with Gasteiger partial charge in [-0.15, -0.1) is 0 Å². The van der Waals surface area contributed by atoms with Gasteiger partial charge in [0.05, 0.1) is 11.9 Å².